The number of anilines is 2. The molecule has 2 N–H and O–H groups in total. The number of rotatable bonds is 7. The molecule has 1 aliphatic rings. The first-order valence-corrected chi connectivity index (χ1v) is 12.2. The minimum absolute atomic E-state index is 0.0236. The Morgan fingerprint density at radius 1 is 1.06 bits per heavy atom. The average Bonchev–Trinajstić information content (AvgIpc) is 3.15. The van der Waals surface area contributed by atoms with Crippen molar-refractivity contribution in [3.05, 3.63) is 41.7 Å². The molecule has 2 heterocycles. The van der Waals surface area contributed by atoms with E-state index in [1.807, 2.05) is 26.2 Å². The Balaban J connectivity index is 1.27. The third-order valence-electron chi connectivity index (χ3n) is 6.50. The molecule has 7 heteroatoms. The minimum atomic E-state index is 0.0236. The zero-order chi connectivity index (χ0) is 23.6. The number of hydrogen-bond donors (Lipinski definition) is 2. The highest BCUT2D eigenvalue weighted by molar-refractivity contribution is 5.90. The molecule has 1 fully saturated rings. The van der Waals surface area contributed by atoms with Crippen LogP contribution in [0.1, 0.15) is 57.8 Å². The fourth-order valence-electron chi connectivity index (χ4n) is 4.87. The van der Waals surface area contributed by atoms with Gasteiger partial charge in [0.05, 0.1) is 16.7 Å². The molecule has 0 atom stereocenters. The maximum absolute atomic E-state index is 4.81. The third kappa shape index (κ3) is 5.64. The molecular weight excluding hydrogens is 410 g/mol. The zero-order valence-electron chi connectivity index (χ0n) is 21.0. The van der Waals surface area contributed by atoms with Crippen molar-refractivity contribution in [2.45, 2.75) is 71.5 Å². The summed E-state index contributed by atoms with van der Waals surface area (Å²) in [7, 11) is 4.07. The summed E-state index contributed by atoms with van der Waals surface area (Å²) in [6.07, 6.45) is 4.73. The number of aryl methyl sites for hydroxylation is 1. The Hall–Kier alpha value is -2.67. The van der Waals surface area contributed by atoms with Crippen molar-refractivity contribution in [1.29, 1.82) is 0 Å². The van der Waals surface area contributed by atoms with E-state index in [0.29, 0.717) is 12.0 Å². The molecular formula is C26H39N7. The van der Waals surface area contributed by atoms with Crippen LogP contribution >= 0.6 is 0 Å². The maximum Gasteiger partial charge on any atom is 0.225 e. The van der Waals surface area contributed by atoms with Gasteiger partial charge in [0, 0.05) is 37.8 Å². The zero-order valence-corrected chi connectivity index (χ0v) is 21.0. The Morgan fingerprint density at radius 3 is 2.45 bits per heavy atom. The van der Waals surface area contributed by atoms with Crippen molar-refractivity contribution in [1.82, 2.24) is 25.1 Å². The van der Waals surface area contributed by atoms with Crippen LogP contribution in [0.2, 0.25) is 0 Å². The predicted octanol–water partition coefficient (Wildman–Crippen LogP) is 4.72. The maximum atomic E-state index is 4.81. The van der Waals surface area contributed by atoms with Crippen LogP contribution in [0.3, 0.4) is 0 Å². The van der Waals surface area contributed by atoms with E-state index in [0.717, 1.165) is 54.3 Å². The van der Waals surface area contributed by atoms with E-state index in [1.54, 1.807) is 0 Å². The summed E-state index contributed by atoms with van der Waals surface area (Å²) >= 11 is 0. The van der Waals surface area contributed by atoms with E-state index in [1.165, 1.54) is 18.5 Å². The predicted molar refractivity (Wildman–Crippen MR) is 137 cm³/mol. The minimum Gasteiger partial charge on any atom is -0.362 e. The molecule has 33 heavy (non-hydrogen) atoms. The normalized spacial score (nSPS) is 19.1. The second kappa shape index (κ2) is 9.67. The molecule has 4 rings (SSSR count). The summed E-state index contributed by atoms with van der Waals surface area (Å²) < 4.78 is 2.12. The number of nitrogens with one attached hydrogen (secondary N) is 2. The van der Waals surface area contributed by atoms with Crippen LogP contribution in [0.25, 0.3) is 10.9 Å². The van der Waals surface area contributed by atoms with E-state index in [-0.39, 0.29) is 5.54 Å². The number of hydrogen-bond acceptors (Lipinski definition) is 6. The van der Waals surface area contributed by atoms with Gasteiger partial charge in [-0.2, -0.15) is 10.1 Å². The molecule has 3 aromatic rings. The summed E-state index contributed by atoms with van der Waals surface area (Å²) in [5.74, 6) is 2.41. The molecule has 0 amide bonds. The summed E-state index contributed by atoms with van der Waals surface area (Å²) in [6, 6.07) is 10.8. The molecule has 0 bridgehead atoms. The van der Waals surface area contributed by atoms with E-state index in [4.69, 9.17) is 15.1 Å². The van der Waals surface area contributed by atoms with E-state index in [2.05, 4.69) is 66.1 Å². The number of aromatic nitrogens is 4. The van der Waals surface area contributed by atoms with Crippen molar-refractivity contribution in [3.63, 3.8) is 0 Å². The molecule has 0 aliphatic heterocycles. The molecule has 1 saturated carbocycles. The van der Waals surface area contributed by atoms with E-state index < -0.39 is 0 Å². The second-order valence-corrected chi connectivity index (χ2v) is 10.6. The van der Waals surface area contributed by atoms with Crippen molar-refractivity contribution < 1.29 is 0 Å². The number of fused-ring (bicyclic) bond motifs is 1. The summed E-state index contributed by atoms with van der Waals surface area (Å²) in [5.41, 5.74) is 3.36. The van der Waals surface area contributed by atoms with Crippen LogP contribution < -0.4 is 15.5 Å². The van der Waals surface area contributed by atoms with Crippen LogP contribution in [-0.2, 0) is 12.1 Å². The summed E-state index contributed by atoms with van der Waals surface area (Å²) in [5, 5.41) is 13.1. The summed E-state index contributed by atoms with van der Waals surface area (Å²) in [6.45, 7) is 10.6. The van der Waals surface area contributed by atoms with E-state index in [9.17, 15) is 0 Å². The average molecular weight is 450 g/mol. The lowest BCUT2D eigenvalue weighted by molar-refractivity contribution is 0.321. The van der Waals surface area contributed by atoms with Crippen LogP contribution in [0.5, 0.6) is 0 Å². The van der Waals surface area contributed by atoms with Gasteiger partial charge < -0.3 is 15.5 Å². The fraction of sp³-hybridized carbons (Fsp3) is 0.577. The van der Waals surface area contributed by atoms with Crippen LogP contribution in [0.15, 0.2) is 30.3 Å². The molecule has 0 radical (unpaired) electrons. The highest BCUT2D eigenvalue weighted by Gasteiger charge is 2.22. The van der Waals surface area contributed by atoms with Gasteiger partial charge in [-0.1, -0.05) is 12.1 Å². The summed E-state index contributed by atoms with van der Waals surface area (Å²) in [4.78, 5) is 11.6. The van der Waals surface area contributed by atoms with Gasteiger partial charge in [0.1, 0.15) is 5.82 Å². The molecule has 0 saturated heterocycles. The van der Waals surface area contributed by atoms with Gasteiger partial charge in [-0.3, -0.25) is 4.68 Å². The number of para-hydroxylation sites is 1. The Morgan fingerprint density at radius 2 is 1.79 bits per heavy atom. The number of benzene rings is 1. The first-order valence-electron chi connectivity index (χ1n) is 12.2. The lowest BCUT2D eigenvalue weighted by atomic mass is 9.86. The molecule has 1 aliphatic carbocycles. The van der Waals surface area contributed by atoms with Crippen molar-refractivity contribution >= 4 is 22.7 Å². The lowest BCUT2D eigenvalue weighted by Gasteiger charge is -2.29. The Bertz CT molecular complexity index is 1070. The monoisotopic (exact) mass is 449 g/mol. The SMILES string of the molecule is Cc1cc(CNCC2CCC(Nc3nc(N(C)C)c4ccccc4n3)CC2)nn1C(C)(C)C. The molecule has 1 aromatic carbocycles. The molecule has 2 aromatic heterocycles. The van der Waals surface area contributed by atoms with E-state index >= 15 is 0 Å². The smallest absolute Gasteiger partial charge is 0.225 e. The van der Waals surface area contributed by atoms with Gasteiger partial charge in [0.2, 0.25) is 5.95 Å². The van der Waals surface area contributed by atoms with Gasteiger partial charge in [-0.05, 0) is 84.0 Å². The van der Waals surface area contributed by atoms with Crippen molar-refractivity contribution in [3.8, 4) is 0 Å². The highest BCUT2D eigenvalue weighted by Crippen LogP contribution is 2.28. The standard InChI is InChI=1S/C26H39N7/c1-18-15-21(31-33(18)26(2,3)4)17-27-16-19-11-13-20(14-12-19)28-25-29-23-10-8-7-9-22(23)24(30-25)32(5)6/h7-10,15,19-20,27H,11-14,16-17H2,1-6H3,(H,28,29,30). The topological polar surface area (TPSA) is 70.9 Å². The molecule has 0 unspecified atom stereocenters. The van der Waals surface area contributed by atoms with Gasteiger partial charge in [0.25, 0.3) is 0 Å². The molecule has 7 nitrogen and oxygen atoms in total. The Kier molecular flexibility index (Phi) is 6.88. The quantitative estimate of drug-likeness (QED) is 0.544. The van der Waals surface area contributed by atoms with Crippen LogP contribution in [-0.4, -0.2) is 46.4 Å². The van der Waals surface area contributed by atoms with Gasteiger partial charge in [-0.25, -0.2) is 4.98 Å². The highest BCUT2D eigenvalue weighted by atomic mass is 15.3. The first kappa shape index (κ1) is 23.5. The lowest BCUT2D eigenvalue weighted by Crippen LogP contribution is -2.32. The molecule has 178 valence electrons. The fourth-order valence-corrected chi connectivity index (χ4v) is 4.87. The van der Waals surface area contributed by atoms with Gasteiger partial charge in [-0.15, -0.1) is 0 Å². The van der Waals surface area contributed by atoms with Crippen LogP contribution in [0, 0.1) is 12.8 Å². The van der Waals surface area contributed by atoms with Crippen LogP contribution in [0.4, 0.5) is 11.8 Å². The van der Waals surface area contributed by atoms with Crippen molar-refractivity contribution in [2.24, 2.45) is 5.92 Å². The largest absolute Gasteiger partial charge is 0.362 e. The molecule has 0 spiro atoms. The first-order chi connectivity index (χ1) is 15.7. The van der Waals surface area contributed by atoms with Gasteiger partial charge in [0.15, 0.2) is 0 Å². The van der Waals surface area contributed by atoms with Crippen molar-refractivity contribution in [2.75, 3.05) is 30.9 Å². The Labute approximate surface area is 198 Å². The second-order valence-electron chi connectivity index (χ2n) is 10.6. The number of nitrogens with zero attached hydrogens (tertiary/aromatic N) is 5. The van der Waals surface area contributed by atoms with Gasteiger partial charge >= 0.3 is 0 Å². The third-order valence-corrected chi connectivity index (χ3v) is 6.50.